The third-order valence-electron chi connectivity index (χ3n) is 3.48. The maximum absolute atomic E-state index is 11.8. The average molecular weight is 201 g/mol. The molecule has 0 aromatic carbocycles. The quantitative estimate of drug-likeness (QED) is 0.734. The summed E-state index contributed by atoms with van der Waals surface area (Å²) in [7, 11) is -0.501. The van der Waals surface area contributed by atoms with Crippen molar-refractivity contribution in [1.29, 1.82) is 0 Å². The second-order valence-corrected chi connectivity index (χ2v) is 6.41. The van der Waals surface area contributed by atoms with Gasteiger partial charge in [0.05, 0.1) is 0 Å². The molecule has 2 N–H and O–H groups in total. The van der Waals surface area contributed by atoms with Crippen molar-refractivity contribution in [1.82, 2.24) is 0 Å². The molecule has 76 valence electrons. The standard InChI is InChI=1S/C10H19NOS/c11-5-4-8-6-9-2-1-3-10(7-8)13(9)12/h8-10H,1-7,11H2. The number of fused-ring (bicyclic) bond motifs is 2. The number of rotatable bonds is 2. The monoisotopic (exact) mass is 201 g/mol. The Labute approximate surface area is 82.7 Å². The van der Waals surface area contributed by atoms with Crippen LogP contribution in [-0.2, 0) is 10.8 Å². The summed E-state index contributed by atoms with van der Waals surface area (Å²) in [5.41, 5.74) is 5.57. The Morgan fingerprint density at radius 2 is 1.85 bits per heavy atom. The average Bonchev–Trinajstić information content (AvgIpc) is 2.07. The third-order valence-corrected chi connectivity index (χ3v) is 5.65. The summed E-state index contributed by atoms with van der Waals surface area (Å²) < 4.78 is 11.8. The van der Waals surface area contributed by atoms with Gasteiger partial charge in [-0.1, -0.05) is 6.42 Å². The lowest BCUT2D eigenvalue weighted by Gasteiger charge is -2.38. The Morgan fingerprint density at radius 1 is 1.23 bits per heavy atom. The molecule has 2 saturated heterocycles. The van der Waals surface area contributed by atoms with Crippen LogP contribution in [0.25, 0.3) is 0 Å². The zero-order chi connectivity index (χ0) is 9.26. The van der Waals surface area contributed by atoms with Gasteiger partial charge in [-0.05, 0) is 44.6 Å². The van der Waals surface area contributed by atoms with Gasteiger partial charge in [0.1, 0.15) is 0 Å². The molecule has 0 spiro atoms. The van der Waals surface area contributed by atoms with Crippen molar-refractivity contribution in [2.45, 2.75) is 49.0 Å². The first-order valence-corrected chi connectivity index (χ1v) is 6.68. The minimum absolute atomic E-state index is 0.501. The lowest BCUT2D eigenvalue weighted by molar-refractivity contribution is 0.343. The Bertz CT molecular complexity index is 191. The second kappa shape index (κ2) is 4.09. The van der Waals surface area contributed by atoms with Gasteiger partial charge in [-0.15, -0.1) is 0 Å². The van der Waals surface area contributed by atoms with E-state index >= 15 is 0 Å². The van der Waals surface area contributed by atoms with E-state index in [9.17, 15) is 4.21 Å². The number of hydrogen-bond donors (Lipinski definition) is 1. The van der Waals surface area contributed by atoms with E-state index in [1.165, 1.54) is 32.1 Å². The van der Waals surface area contributed by atoms with Gasteiger partial charge in [-0.3, -0.25) is 4.21 Å². The Morgan fingerprint density at radius 3 is 2.38 bits per heavy atom. The minimum atomic E-state index is -0.501. The first kappa shape index (κ1) is 9.66. The highest BCUT2D eigenvalue weighted by Gasteiger charge is 2.37. The summed E-state index contributed by atoms with van der Waals surface area (Å²) >= 11 is 0. The highest BCUT2D eigenvalue weighted by atomic mass is 32.2. The predicted octanol–water partition coefficient (Wildman–Crippen LogP) is 1.42. The molecule has 0 aromatic heterocycles. The van der Waals surface area contributed by atoms with Gasteiger partial charge in [-0.25, -0.2) is 0 Å². The Balaban J connectivity index is 1.99. The summed E-state index contributed by atoms with van der Waals surface area (Å²) in [6.07, 6.45) is 7.20. The molecular formula is C10H19NOS. The topological polar surface area (TPSA) is 43.1 Å². The van der Waals surface area contributed by atoms with E-state index in [4.69, 9.17) is 5.73 Å². The van der Waals surface area contributed by atoms with Crippen molar-refractivity contribution in [2.75, 3.05) is 6.54 Å². The fourth-order valence-electron chi connectivity index (χ4n) is 2.81. The summed E-state index contributed by atoms with van der Waals surface area (Å²) in [5.74, 6) is 0.776. The van der Waals surface area contributed by atoms with Gasteiger partial charge in [-0.2, -0.15) is 0 Å². The molecule has 13 heavy (non-hydrogen) atoms. The van der Waals surface area contributed by atoms with Crippen LogP contribution in [0.5, 0.6) is 0 Å². The summed E-state index contributed by atoms with van der Waals surface area (Å²) in [6.45, 7) is 0.802. The second-order valence-electron chi connectivity index (χ2n) is 4.42. The van der Waals surface area contributed by atoms with Crippen LogP contribution in [0.15, 0.2) is 0 Å². The Hall–Kier alpha value is 0.110. The molecule has 2 rings (SSSR count). The van der Waals surface area contributed by atoms with Crippen molar-refractivity contribution in [2.24, 2.45) is 11.7 Å². The van der Waals surface area contributed by atoms with Crippen molar-refractivity contribution in [3.05, 3.63) is 0 Å². The smallest absolute Gasteiger partial charge is 0.0353 e. The molecule has 2 fully saturated rings. The third kappa shape index (κ3) is 1.96. The first-order valence-electron chi connectivity index (χ1n) is 5.40. The Kier molecular flexibility index (Phi) is 3.04. The first-order chi connectivity index (χ1) is 6.31. The highest BCUT2D eigenvalue weighted by molar-refractivity contribution is 7.86. The predicted molar refractivity (Wildman–Crippen MR) is 56.0 cm³/mol. The molecule has 2 heterocycles. The molecule has 2 aliphatic heterocycles. The van der Waals surface area contributed by atoms with Crippen LogP contribution in [0.1, 0.15) is 38.5 Å². The lowest BCUT2D eigenvalue weighted by Crippen LogP contribution is -2.39. The molecule has 2 aliphatic rings. The maximum atomic E-state index is 11.8. The van der Waals surface area contributed by atoms with Crippen LogP contribution in [-0.4, -0.2) is 21.3 Å². The van der Waals surface area contributed by atoms with Crippen LogP contribution in [0.4, 0.5) is 0 Å². The lowest BCUT2D eigenvalue weighted by atomic mass is 9.87. The summed E-state index contributed by atoms with van der Waals surface area (Å²) in [4.78, 5) is 0. The molecule has 0 aromatic rings. The van der Waals surface area contributed by atoms with Gasteiger partial charge in [0, 0.05) is 21.3 Å². The van der Waals surface area contributed by atoms with Crippen molar-refractivity contribution >= 4 is 10.8 Å². The van der Waals surface area contributed by atoms with Crippen LogP contribution in [0, 0.1) is 5.92 Å². The fourth-order valence-corrected chi connectivity index (χ4v) is 5.08. The SMILES string of the molecule is NCCC1CC2CCCC(C1)S2=O. The van der Waals surface area contributed by atoms with Crippen molar-refractivity contribution in [3.8, 4) is 0 Å². The van der Waals surface area contributed by atoms with E-state index in [1.54, 1.807) is 0 Å². The molecule has 3 heteroatoms. The molecule has 0 saturated carbocycles. The highest BCUT2D eigenvalue weighted by Crippen LogP contribution is 2.37. The molecule has 2 unspecified atom stereocenters. The van der Waals surface area contributed by atoms with Gasteiger partial charge < -0.3 is 5.73 Å². The van der Waals surface area contributed by atoms with E-state index < -0.39 is 10.8 Å². The zero-order valence-electron chi connectivity index (χ0n) is 8.08. The fraction of sp³-hybridized carbons (Fsp3) is 1.00. The molecule has 0 radical (unpaired) electrons. The maximum Gasteiger partial charge on any atom is 0.0353 e. The van der Waals surface area contributed by atoms with E-state index in [2.05, 4.69) is 0 Å². The van der Waals surface area contributed by atoms with Crippen LogP contribution in [0.2, 0.25) is 0 Å². The minimum Gasteiger partial charge on any atom is -0.330 e. The van der Waals surface area contributed by atoms with E-state index in [0.29, 0.717) is 10.5 Å². The number of hydrogen-bond acceptors (Lipinski definition) is 2. The van der Waals surface area contributed by atoms with E-state index in [-0.39, 0.29) is 0 Å². The van der Waals surface area contributed by atoms with E-state index in [1.807, 2.05) is 0 Å². The molecule has 0 amide bonds. The summed E-state index contributed by atoms with van der Waals surface area (Å²) in [6, 6.07) is 0. The van der Waals surface area contributed by atoms with Gasteiger partial charge in [0.15, 0.2) is 0 Å². The van der Waals surface area contributed by atoms with Crippen molar-refractivity contribution < 1.29 is 4.21 Å². The number of nitrogens with two attached hydrogens (primary N) is 1. The van der Waals surface area contributed by atoms with Crippen molar-refractivity contribution in [3.63, 3.8) is 0 Å². The van der Waals surface area contributed by atoms with Gasteiger partial charge in [0.25, 0.3) is 0 Å². The molecule has 2 bridgehead atoms. The van der Waals surface area contributed by atoms with Crippen LogP contribution >= 0.6 is 0 Å². The van der Waals surface area contributed by atoms with Gasteiger partial charge >= 0.3 is 0 Å². The van der Waals surface area contributed by atoms with Gasteiger partial charge in [0.2, 0.25) is 0 Å². The van der Waals surface area contributed by atoms with Crippen LogP contribution in [0.3, 0.4) is 0 Å². The zero-order valence-corrected chi connectivity index (χ0v) is 8.89. The molecule has 2 nitrogen and oxygen atoms in total. The molecule has 2 atom stereocenters. The summed E-state index contributed by atoms with van der Waals surface area (Å²) in [5, 5.41) is 1.04. The normalized spacial score (nSPS) is 44.7. The van der Waals surface area contributed by atoms with E-state index in [0.717, 1.165) is 18.9 Å². The van der Waals surface area contributed by atoms with Crippen LogP contribution < -0.4 is 5.73 Å². The molecule has 0 aliphatic carbocycles. The molecular weight excluding hydrogens is 182 g/mol. The largest absolute Gasteiger partial charge is 0.330 e.